The number of aryl methyl sites for hydroxylation is 1. The van der Waals surface area contributed by atoms with Gasteiger partial charge in [0.15, 0.2) is 0 Å². The van der Waals surface area contributed by atoms with E-state index in [0.717, 1.165) is 5.92 Å². The average Bonchev–Trinajstić information content (AvgIpc) is 2.41. The molecule has 1 radical (unpaired) electrons. The molecule has 17 heavy (non-hydrogen) atoms. The predicted octanol–water partition coefficient (Wildman–Crippen LogP) is 5.18. The highest BCUT2D eigenvalue weighted by molar-refractivity contribution is 5.14. The third-order valence-corrected chi connectivity index (χ3v) is 3.98. The molecule has 1 fully saturated rings. The quantitative estimate of drug-likeness (QED) is 0.589. The summed E-state index contributed by atoms with van der Waals surface area (Å²) >= 11 is 0. The summed E-state index contributed by atoms with van der Waals surface area (Å²) in [6.07, 6.45) is 15.2. The molecule has 0 nitrogen and oxygen atoms in total. The lowest BCUT2D eigenvalue weighted by molar-refractivity contribution is 0.337. The number of hydrogen-bond donors (Lipinski definition) is 0. The Morgan fingerprint density at radius 2 is 1.71 bits per heavy atom. The number of benzene rings is 1. The minimum Gasteiger partial charge on any atom is -0.0622 e. The molecule has 0 aliphatic heterocycles. The van der Waals surface area contributed by atoms with Crippen molar-refractivity contribution in [3.8, 4) is 0 Å². The Bertz CT molecular complexity index is 282. The minimum atomic E-state index is 1.04. The van der Waals surface area contributed by atoms with E-state index < -0.39 is 0 Å². The van der Waals surface area contributed by atoms with Gasteiger partial charge < -0.3 is 0 Å². The molecule has 0 unspecified atom stereocenters. The van der Waals surface area contributed by atoms with E-state index in [-0.39, 0.29) is 0 Å². The molecule has 93 valence electrons. The molecule has 0 amide bonds. The summed E-state index contributed by atoms with van der Waals surface area (Å²) in [5, 5.41) is 0. The third kappa shape index (κ3) is 4.93. The first-order valence-corrected chi connectivity index (χ1v) is 7.31. The maximum Gasteiger partial charge on any atom is -0.0276 e. The van der Waals surface area contributed by atoms with Crippen LogP contribution in [0.25, 0.3) is 0 Å². The highest BCUT2D eigenvalue weighted by atomic mass is 14.2. The Labute approximate surface area is 106 Å². The summed E-state index contributed by atoms with van der Waals surface area (Å²) in [5.41, 5.74) is 1.47. The van der Waals surface area contributed by atoms with E-state index in [9.17, 15) is 0 Å². The van der Waals surface area contributed by atoms with E-state index in [1.807, 2.05) is 0 Å². The average molecular weight is 229 g/mol. The van der Waals surface area contributed by atoms with Crippen molar-refractivity contribution >= 4 is 0 Å². The van der Waals surface area contributed by atoms with E-state index >= 15 is 0 Å². The lowest BCUT2D eigenvalue weighted by Crippen LogP contribution is -2.05. The van der Waals surface area contributed by atoms with Gasteiger partial charge in [0.05, 0.1) is 0 Å². The minimum absolute atomic E-state index is 1.04. The zero-order valence-corrected chi connectivity index (χ0v) is 10.9. The summed E-state index contributed by atoms with van der Waals surface area (Å²) in [7, 11) is 0. The molecule has 0 heterocycles. The van der Waals surface area contributed by atoms with Crippen molar-refractivity contribution in [2.24, 2.45) is 5.92 Å². The van der Waals surface area contributed by atoms with Crippen LogP contribution in [-0.4, -0.2) is 0 Å². The highest BCUT2D eigenvalue weighted by Gasteiger charge is 2.12. The Morgan fingerprint density at radius 1 is 0.941 bits per heavy atom. The molecule has 0 heteroatoms. The Morgan fingerprint density at radius 3 is 2.47 bits per heavy atom. The fourth-order valence-electron chi connectivity index (χ4n) is 2.89. The monoisotopic (exact) mass is 229 g/mol. The van der Waals surface area contributed by atoms with Gasteiger partial charge in [0, 0.05) is 0 Å². The van der Waals surface area contributed by atoms with Crippen molar-refractivity contribution in [1.82, 2.24) is 0 Å². The molecule has 0 bridgehead atoms. The molecule has 0 atom stereocenters. The van der Waals surface area contributed by atoms with Gasteiger partial charge in [-0.2, -0.15) is 0 Å². The summed E-state index contributed by atoms with van der Waals surface area (Å²) in [6, 6.07) is 10.8. The molecule has 0 aromatic heterocycles. The first kappa shape index (κ1) is 12.7. The lowest BCUT2D eigenvalue weighted by atomic mass is 9.85. The molecular weight excluding hydrogens is 204 g/mol. The standard InChI is InChI=1S/C17H25/c1-4-10-16(11-5-1)14-8-3-9-15-17-12-6-2-7-13-17/h1,3-5,10-11,17H,2,6-9,12-15H2. The largest absolute Gasteiger partial charge is 0.0622 e. The normalized spacial score (nSPS) is 17.2. The van der Waals surface area contributed by atoms with E-state index in [2.05, 4.69) is 36.8 Å². The summed E-state index contributed by atoms with van der Waals surface area (Å²) in [6.45, 7) is 0. The second-order valence-corrected chi connectivity index (χ2v) is 5.39. The van der Waals surface area contributed by atoms with Crippen LogP contribution >= 0.6 is 0 Å². The fourth-order valence-corrected chi connectivity index (χ4v) is 2.89. The van der Waals surface area contributed by atoms with E-state index in [1.165, 1.54) is 63.4 Å². The Hall–Kier alpha value is -0.780. The zero-order chi connectivity index (χ0) is 11.8. The summed E-state index contributed by atoms with van der Waals surface area (Å²) < 4.78 is 0. The van der Waals surface area contributed by atoms with Crippen molar-refractivity contribution in [3.05, 3.63) is 42.3 Å². The lowest BCUT2D eigenvalue weighted by Gasteiger charge is -2.21. The van der Waals surface area contributed by atoms with Gasteiger partial charge in [0.2, 0.25) is 0 Å². The third-order valence-electron chi connectivity index (χ3n) is 3.98. The van der Waals surface area contributed by atoms with Crippen LogP contribution in [0.2, 0.25) is 0 Å². The van der Waals surface area contributed by atoms with Crippen molar-refractivity contribution in [1.29, 1.82) is 0 Å². The van der Waals surface area contributed by atoms with Crippen LogP contribution in [0.4, 0.5) is 0 Å². The molecule has 0 spiro atoms. The molecule has 0 saturated heterocycles. The first-order chi connectivity index (χ1) is 8.45. The van der Waals surface area contributed by atoms with Crippen LogP contribution in [0.5, 0.6) is 0 Å². The van der Waals surface area contributed by atoms with Gasteiger partial charge in [-0.25, -0.2) is 0 Å². The van der Waals surface area contributed by atoms with Gasteiger partial charge in [-0.15, -0.1) is 0 Å². The smallest absolute Gasteiger partial charge is 0.0276 e. The van der Waals surface area contributed by atoms with Gasteiger partial charge in [-0.1, -0.05) is 68.9 Å². The molecule has 1 aromatic rings. The second-order valence-electron chi connectivity index (χ2n) is 5.39. The molecule has 1 saturated carbocycles. The number of rotatable bonds is 6. The number of unbranched alkanes of at least 4 members (excludes halogenated alkanes) is 2. The summed E-state index contributed by atoms with van der Waals surface area (Å²) in [5.74, 6) is 1.04. The van der Waals surface area contributed by atoms with Crippen molar-refractivity contribution in [3.63, 3.8) is 0 Å². The molecular formula is C17H25. The number of hydrogen-bond acceptors (Lipinski definition) is 0. The van der Waals surface area contributed by atoms with Crippen molar-refractivity contribution in [2.75, 3.05) is 0 Å². The Balaban J connectivity index is 1.51. The van der Waals surface area contributed by atoms with Crippen LogP contribution in [0.1, 0.15) is 56.9 Å². The van der Waals surface area contributed by atoms with Gasteiger partial charge in [0.25, 0.3) is 0 Å². The highest BCUT2D eigenvalue weighted by Crippen LogP contribution is 2.27. The van der Waals surface area contributed by atoms with Crippen molar-refractivity contribution in [2.45, 2.75) is 57.8 Å². The first-order valence-electron chi connectivity index (χ1n) is 7.31. The molecule has 0 N–H and O–H groups in total. The van der Waals surface area contributed by atoms with Gasteiger partial charge >= 0.3 is 0 Å². The van der Waals surface area contributed by atoms with Crippen LogP contribution < -0.4 is 0 Å². The molecule has 1 aliphatic rings. The van der Waals surface area contributed by atoms with Crippen LogP contribution in [0.3, 0.4) is 0 Å². The molecule has 1 aromatic carbocycles. The van der Waals surface area contributed by atoms with E-state index in [1.54, 1.807) is 0 Å². The Kier molecular flexibility index (Phi) is 5.61. The van der Waals surface area contributed by atoms with Crippen LogP contribution in [0.15, 0.2) is 30.3 Å². The summed E-state index contributed by atoms with van der Waals surface area (Å²) in [4.78, 5) is 0. The van der Waals surface area contributed by atoms with Gasteiger partial charge in [0.1, 0.15) is 0 Å². The maximum atomic E-state index is 2.50. The predicted molar refractivity (Wildman–Crippen MR) is 74.9 cm³/mol. The molecule has 1 aliphatic carbocycles. The maximum absolute atomic E-state index is 2.50. The van der Waals surface area contributed by atoms with Crippen LogP contribution in [0, 0.1) is 12.3 Å². The van der Waals surface area contributed by atoms with Crippen molar-refractivity contribution < 1.29 is 0 Å². The van der Waals surface area contributed by atoms with E-state index in [0.29, 0.717) is 0 Å². The second kappa shape index (κ2) is 7.53. The topological polar surface area (TPSA) is 0 Å². The molecule has 2 rings (SSSR count). The van der Waals surface area contributed by atoms with Gasteiger partial charge in [-0.05, 0) is 37.2 Å². The SMILES string of the molecule is [CH](CCc1ccccc1)CCC1CCCCC1. The van der Waals surface area contributed by atoms with Gasteiger partial charge in [-0.3, -0.25) is 0 Å². The zero-order valence-electron chi connectivity index (χ0n) is 10.9. The van der Waals surface area contributed by atoms with E-state index in [4.69, 9.17) is 0 Å². The van der Waals surface area contributed by atoms with Crippen LogP contribution in [-0.2, 0) is 6.42 Å². The fraction of sp³-hybridized carbons (Fsp3) is 0.588.